The molecule has 0 spiro atoms. The maximum Gasteiger partial charge on any atom is 0.336 e. The number of hydrogen-bond donors (Lipinski definition) is 2. The van der Waals surface area contributed by atoms with Gasteiger partial charge < -0.3 is 15.0 Å². The Labute approximate surface area is 228 Å². The SMILES string of the molecule is CCCc1nc2c(C)cc(C(=O)NC(CC)C(=O)CC)cc2n1Cc1ccc(-c2ccccc2C(=O)O)cc1. The highest BCUT2D eigenvalue weighted by Crippen LogP contribution is 2.27. The van der Waals surface area contributed by atoms with Gasteiger partial charge in [-0.2, -0.15) is 0 Å². The van der Waals surface area contributed by atoms with Crippen LogP contribution in [0, 0.1) is 6.92 Å². The van der Waals surface area contributed by atoms with Gasteiger partial charge in [0.1, 0.15) is 5.82 Å². The Bertz CT molecular complexity index is 1520. The third-order valence-electron chi connectivity index (χ3n) is 7.07. The van der Waals surface area contributed by atoms with Crippen LogP contribution in [0.2, 0.25) is 0 Å². The fourth-order valence-corrected chi connectivity index (χ4v) is 4.95. The second kappa shape index (κ2) is 12.1. The lowest BCUT2D eigenvalue weighted by Crippen LogP contribution is -2.40. The predicted molar refractivity (Wildman–Crippen MR) is 153 cm³/mol. The summed E-state index contributed by atoms with van der Waals surface area (Å²) < 4.78 is 2.15. The molecule has 1 unspecified atom stereocenters. The van der Waals surface area contributed by atoms with E-state index in [2.05, 4.69) is 16.8 Å². The lowest BCUT2D eigenvalue weighted by molar-refractivity contribution is -0.120. The van der Waals surface area contributed by atoms with Crippen molar-refractivity contribution < 1.29 is 19.5 Å². The zero-order valence-corrected chi connectivity index (χ0v) is 23.0. The van der Waals surface area contributed by atoms with Crippen molar-refractivity contribution in [1.82, 2.24) is 14.9 Å². The van der Waals surface area contributed by atoms with Gasteiger partial charge in [0.15, 0.2) is 5.78 Å². The summed E-state index contributed by atoms with van der Waals surface area (Å²) in [7, 11) is 0. The standard InChI is InChI=1S/C32H35N3O4/c1-5-10-29-34-30-20(4)17-23(31(37)33-26(6-2)28(36)7-3)18-27(30)35(29)19-21-13-15-22(16-14-21)24-11-8-9-12-25(24)32(38)39/h8-9,11-18,26H,5-7,10,19H2,1-4H3,(H,33,37)(H,38,39). The zero-order chi connectivity index (χ0) is 28.1. The summed E-state index contributed by atoms with van der Waals surface area (Å²) in [6.45, 7) is 8.32. The second-order valence-corrected chi connectivity index (χ2v) is 9.83. The first-order chi connectivity index (χ1) is 18.8. The maximum atomic E-state index is 13.1. The number of nitrogens with one attached hydrogen (secondary N) is 1. The largest absolute Gasteiger partial charge is 0.478 e. The smallest absolute Gasteiger partial charge is 0.336 e. The van der Waals surface area contributed by atoms with Crippen molar-refractivity contribution >= 4 is 28.7 Å². The van der Waals surface area contributed by atoms with Gasteiger partial charge in [0.05, 0.1) is 22.6 Å². The van der Waals surface area contributed by atoms with Gasteiger partial charge in [-0.3, -0.25) is 9.59 Å². The molecule has 7 heteroatoms. The molecule has 4 rings (SSSR count). The van der Waals surface area contributed by atoms with E-state index in [1.807, 2.05) is 62.4 Å². The molecule has 0 aliphatic carbocycles. The first kappa shape index (κ1) is 27.8. The molecule has 7 nitrogen and oxygen atoms in total. The average Bonchev–Trinajstić information content (AvgIpc) is 3.29. The molecule has 0 saturated carbocycles. The Morgan fingerprint density at radius 2 is 1.72 bits per heavy atom. The quantitative estimate of drug-likeness (QED) is 0.243. The highest BCUT2D eigenvalue weighted by Gasteiger charge is 2.21. The fraction of sp³-hybridized carbons (Fsp3) is 0.312. The number of ketones is 1. The number of carbonyl (C=O) groups excluding carboxylic acids is 2. The van der Waals surface area contributed by atoms with Crippen molar-refractivity contribution in [2.45, 2.75) is 66.0 Å². The van der Waals surface area contributed by atoms with Gasteiger partial charge in [0.25, 0.3) is 5.91 Å². The second-order valence-electron chi connectivity index (χ2n) is 9.83. The van der Waals surface area contributed by atoms with Crippen molar-refractivity contribution in [3.63, 3.8) is 0 Å². The number of Topliss-reactive ketones (excluding diaryl/α,β-unsaturated/α-hetero) is 1. The number of carboxylic acid groups (broad SMARTS) is 1. The minimum atomic E-state index is -0.955. The van der Waals surface area contributed by atoms with Crippen molar-refractivity contribution in [3.8, 4) is 11.1 Å². The molecule has 0 aliphatic heterocycles. The summed E-state index contributed by atoms with van der Waals surface area (Å²) in [6, 6.07) is 18.1. The molecular formula is C32H35N3O4. The fourth-order valence-electron chi connectivity index (χ4n) is 4.95. The molecule has 0 fully saturated rings. The number of aromatic carboxylic acids is 1. The van der Waals surface area contributed by atoms with Crippen LogP contribution in [0.5, 0.6) is 0 Å². The molecule has 0 saturated heterocycles. The lowest BCUT2D eigenvalue weighted by Gasteiger charge is -2.16. The van der Waals surface area contributed by atoms with Crippen molar-refractivity contribution in [2.24, 2.45) is 0 Å². The molecular weight excluding hydrogens is 490 g/mol. The normalized spacial score (nSPS) is 11.9. The summed E-state index contributed by atoms with van der Waals surface area (Å²) in [6.07, 6.45) is 2.65. The van der Waals surface area contributed by atoms with E-state index >= 15 is 0 Å². The van der Waals surface area contributed by atoms with Crippen molar-refractivity contribution in [1.29, 1.82) is 0 Å². The first-order valence-corrected chi connectivity index (χ1v) is 13.5. The Hall–Kier alpha value is -4.26. The molecule has 2 N–H and O–H groups in total. The molecule has 39 heavy (non-hydrogen) atoms. The van der Waals surface area contributed by atoms with Crippen LogP contribution >= 0.6 is 0 Å². The van der Waals surface area contributed by atoms with E-state index in [4.69, 9.17) is 4.98 Å². The number of nitrogens with zero attached hydrogens (tertiary/aromatic N) is 2. The van der Waals surface area contributed by atoms with E-state index in [9.17, 15) is 19.5 Å². The molecule has 0 aliphatic rings. The minimum Gasteiger partial charge on any atom is -0.478 e. The first-order valence-electron chi connectivity index (χ1n) is 13.5. The van der Waals surface area contributed by atoms with Crippen LogP contribution in [0.25, 0.3) is 22.2 Å². The zero-order valence-electron chi connectivity index (χ0n) is 23.0. The van der Waals surface area contributed by atoms with Crippen LogP contribution in [0.15, 0.2) is 60.7 Å². The van der Waals surface area contributed by atoms with E-state index < -0.39 is 12.0 Å². The van der Waals surface area contributed by atoms with Crippen molar-refractivity contribution in [3.05, 3.63) is 88.7 Å². The molecule has 1 amide bonds. The van der Waals surface area contributed by atoms with Crippen LogP contribution in [0.4, 0.5) is 0 Å². The molecule has 1 atom stereocenters. The van der Waals surface area contributed by atoms with Gasteiger partial charge in [-0.05, 0) is 60.2 Å². The number of rotatable bonds is 11. The van der Waals surface area contributed by atoms with Gasteiger partial charge in [-0.25, -0.2) is 9.78 Å². The molecule has 0 bridgehead atoms. The van der Waals surface area contributed by atoms with Gasteiger partial charge in [-0.1, -0.05) is 63.2 Å². The topological polar surface area (TPSA) is 101 Å². The Morgan fingerprint density at radius 1 is 1.00 bits per heavy atom. The molecule has 202 valence electrons. The van der Waals surface area contributed by atoms with Crippen molar-refractivity contribution in [2.75, 3.05) is 0 Å². The number of amides is 1. The Balaban J connectivity index is 1.69. The van der Waals surface area contributed by atoms with E-state index in [-0.39, 0.29) is 17.3 Å². The number of aromatic nitrogens is 2. The Kier molecular flexibility index (Phi) is 8.59. The number of carboxylic acids is 1. The third-order valence-corrected chi connectivity index (χ3v) is 7.07. The number of hydrogen-bond acceptors (Lipinski definition) is 4. The average molecular weight is 526 g/mol. The molecule has 3 aromatic carbocycles. The van der Waals surface area contributed by atoms with Crippen LogP contribution in [0.1, 0.15) is 77.7 Å². The van der Waals surface area contributed by atoms with Crippen LogP contribution in [-0.2, 0) is 17.8 Å². The Morgan fingerprint density at radius 3 is 2.36 bits per heavy atom. The van der Waals surface area contributed by atoms with Crippen LogP contribution in [0.3, 0.4) is 0 Å². The number of carbonyl (C=O) groups is 3. The molecule has 0 radical (unpaired) electrons. The van der Waals surface area contributed by atoms with E-state index in [0.29, 0.717) is 30.5 Å². The van der Waals surface area contributed by atoms with Gasteiger partial charge in [0.2, 0.25) is 0 Å². The predicted octanol–water partition coefficient (Wildman–Crippen LogP) is 6.20. The monoisotopic (exact) mass is 525 g/mol. The number of aryl methyl sites for hydroxylation is 2. The van der Waals surface area contributed by atoms with Gasteiger partial charge in [-0.15, -0.1) is 0 Å². The van der Waals surface area contributed by atoms with E-state index in [0.717, 1.165) is 46.4 Å². The third kappa shape index (κ3) is 5.93. The van der Waals surface area contributed by atoms with Gasteiger partial charge in [0, 0.05) is 24.9 Å². The number of fused-ring (bicyclic) bond motifs is 1. The van der Waals surface area contributed by atoms with Crippen LogP contribution in [-0.4, -0.2) is 38.4 Å². The van der Waals surface area contributed by atoms with E-state index in [1.54, 1.807) is 19.1 Å². The lowest BCUT2D eigenvalue weighted by atomic mass is 9.98. The van der Waals surface area contributed by atoms with E-state index in [1.165, 1.54) is 0 Å². The van der Waals surface area contributed by atoms with Crippen LogP contribution < -0.4 is 5.32 Å². The molecule has 4 aromatic rings. The number of benzene rings is 3. The molecule has 1 heterocycles. The highest BCUT2D eigenvalue weighted by molar-refractivity contribution is 6.01. The summed E-state index contributed by atoms with van der Waals surface area (Å²) in [5.41, 5.74) is 5.96. The van der Waals surface area contributed by atoms with Gasteiger partial charge >= 0.3 is 5.97 Å². The summed E-state index contributed by atoms with van der Waals surface area (Å²) in [5, 5.41) is 12.5. The minimum absolute atomic E-state index is 0.0216. The number of imidazole rings is 1. The highest BCUT2D eigenvalue weighted by atomic mass is 16.4. The maximum absolute atomic E-state index is 13.1. The molecule has 1 aromatic heterocycles. The summed E-state index contributed by atoms with van der Waals surface area (Å²) in [4.78, 5) is 42.0. The summed E-state index contributed by atoms with van der Waals surface area (Å²) >= 11 is 0. The summed E-state index contributed by atoms with van der Waals surface area (Å²) in [5.74, 6) is -0.252.